The summed E-state index contributed by atoms with van der Waals surface area (Å²) in [6.07, 6.45) is 0. The number of carbonyl (C=O) groups excluding carboxylic acids is 1. The SMILES string of the molecule is Cc1ccc([C@@H]([NH2+][C@H](C)C(=O)Nc2c(C)nn(C)c2C)c2cccs2)cc1. The van der Waals surface area contributed by atoms with Crippen LogP contribution in [0, 0.1) is 20.8 Å². The first-order chi connectivity index (χ1) is 12.9. The summed E-state index contributed by atoms with van der Waals surface area (Å²) in [6.45, 7) is 7.91. The maximum atomic E-state index is 12.8. The number of nitrogens with one attached hydrogen (secondary N) is 1. The molecule has 1 aromatic carbocycles. The van der Waals surface area contributed by atoms with Crippen LogP contribution in [0.2, 0.25) is 0 Å². The fraction of sp³-hybridized carbons (Fsp3) is 0.333. The molecular weight excluding hydrogens is 356 g/mol. The molecule has 6 heteroatoms. The lowest BCUT2D eigenvalue weighted by Crippen LogP contribution is -2.92. The summed E-state index contributed by atoms with van der Waals surface area (Å²) in [4.78, 5) is 14.1. The second-order valence-corrected chi connectivity index (χ2v) is 8.02. The van der Waals surface area contributed by atoms with Gasteiger partial charge in [-0.05, 0) is 39.1 Å². The van der Waals surface area contributed by atoms with E-state index in [4.69, 9.17) is 0 Å². The van der Waals surface area contributed by atoms with Crippen molar-refractivity contribution >= 4 is 22.9 Å². The van der Waals surface area contributed by atoms with E-state index in [2.05, 4.69) is 64.4 Å². The van der Waals surface area contributed by atoms with Crippen LogP contribution in [-0.4, -0.2) is 21.7 Å². The fourth-order valence-electron chi connectivity index (χ4n) is 3.18. The summed E-state index contributed by atoms with van der Waals surface area (Å²) in [5.74, 6) is -0.0112. The van der Waals surface area contributed by atoms with Gasteiger partial charge in [-0.15, -0.1) is 11.3 Å². The Labute approximate surface area is 164 Å². The summed E-state index contributed by atoms with van der Waals surface area (Å²) >= 11 is 1.72. The lowest BCUT2D eigenvalue weighted by molar-refractivity contribution is -0.703. The third-order valence-corrected chi connectivity index (χ3v) is 5.89. The zero-order chi connectivity index (χ0) is 19.6. The van der Waals surface area contributed by atoms with Crippen molar-refractivity contribution in [3.63, 3.8) is 0 Å². The number of nitrogens with two attached hydrogens (primary N) is 1. The van der Waals surface area contributed by atoms with Crippen LogP contribution in [0.25, 0.3) is 0 Å². The Morgan fingerprint density at radius 1 is 1.19 bits per heavy atom. The van der Waals surface area contributed by atoms with Crippen LogP contribution in [0.4, 0.5) is 5.69 Å². The average Bonchev–Trinajstić information content (AvgIpc) is 3.25. The van der Waals surface area contributed by atoms with Crippen LogP contribution in [0.1, 0.15) is 40.4 Å². The summed E-state index contributed by atoms with van der Waals surface area (Å²) in [5.41, 5.74) is 5.05. The number of amides is 1. The van der Waals surface area contributed by atoms with Crippen molar-refractivity contribution in [1.29, 1.82) is 0 Å². The first kappa shape index (κ1) is 19.3. The molecule has 2 heterocycles. The normalized spacial score (nSPS) is 13.4. The third kappa shape index (κ3) is 4.28. The molecule has 2 aromatic heterocycles. The van der Waals surface area contributed by atoms with Gasteiger partial charge in [0.25, 0.3) is 5.91 Å². The van der Waals surface area contributed by atoms with Crippen molar-refractivity contribution in [3.8, 4) is 0 Å². The van der Waals surface area contributed by atoms with Gasteiger partial charge in [0.15, 0.2) is 6.04 Å². The molecule has 0 unspecified atom stereocenters. The van der Waals surface area contributed by atoms with Crippen molar-refractivity contribution in [1.82, 2.24) is 9.78 Å². The van der Waals surface area contributed by atoms with E-state index in [-0.39, 0.29) is 18.0 Å². The minimum atomic E-state index is -0.239. The third-order valence-electron chi connectivity index (χ3n) is 4.94. The van der Waals surface area contributed by atoms with Crippen molar-refractivity contribution in [2.75, 3.05) is 5.32 Å². The molecule has 0 bridgehead atoms. The molecule has 142 valence electrons. The van der Waals surface area contributed by atoms with E-state index in [1.807, 2.05) is 27.8 Å². The molecular formula is C21H27N4OS+. The average molecular weight is 384 g/mol. The Morgan fingerprint density at radius 2 is 1.89 bits per heavy atom. The molecule has 0 aliphatic carbocycles. The standard InChI is InChI=1S/C21H26N4OS/c1-13-8-10-17(11-9-13)20(18-7-6-12-27-18)22-15(3)21(26)23-19-14(2)24-25(5)16(19)4/h6-12,15,20,22H,1-5H3,(H,23,26)/p+1/t15-,20-/m1/s1. The van der Waals surface area contributed by atoms with Gasteiger partial charge >= 0.3 is 0 Å². The number of aromatic nitrogens is 2. The van der Waals surface area contributed by atoms with Crippen LogP contribution < -0.4 is 10.6 Å². The van der Waals surface area contributed by atoms with Gasteiger partial charge in [0.2, 0.25) is 0 Å². The molecule has 5 nitrogen and oxygen atoms in total. The second-order valence-electron chi connectivity index (χ2n) is 7.04. The van der Waals surface area contributed by atoms with Gasteiger partial charge < -0.3 is 10.6 Å². The van der Waals surface area contributed by atoms with E-state index in [1.54, 1.807) is 16.0 Å². The number of benzene rings is 1. The Kier molecular flexibility index (Phi) is 5.77. The van der Waals surface area contributed by atoms with Gasteiger partial charge in [-0.25, -0.2) is 0 Å². The molecule has 1 amide bonds. The zero-order valence-electron chi connectivity index (χ0n) is 16.5. The number of rotatable bonds is 6. The van der Waals surface area contributed by atoms with E-state index in [0.717, 1.165) is 17.1 Å². The number of thiophene rings is 1. The lowest BCUT2D eigenvalue weighted by atomic mass is 10.0. The van der Waals surface area contributed by atoms with Crippen LogP contribution in [0.15, 0.2) is 41.8 Å². The molecule has 0 aliphatic rings. The molecule has 3 aromatic rings. The van der Waals surface area contributed by atoms with Gasteiger partial charge in [-0.2, -0.15) is 5.10 Å². The lowest BCUT2D eigenvalue weighted by Gasteiger charge is -2.19. The maximum Gasteiger partial charge on any atom is 0.282 e. The van der Waals surface area contributed by atoms with Gasteiger partial charge in [0, 0.05) is 12.6 Å². The van der Waals surface area contributed by atoms with Gasteiger partial charge in [0.1, 0.15) is 6.04 Å². The number of aryl methyl sites for hydroxylation is 3. The van der Waals surface area contributed by atoms with Crippen molar-refractivity contribution in [3.05, 3.63) is 69.2 Å². The van der Waals surface area contributed by atoms with E-state index < -0.39 is 0 Å². The van der Waals surface area contributed by atoms with E-state index in [0.29, 0.717) is 0 Å². The minimum absolute atomic E-state index is 0.0112. The largest absolute Gasteiger partial charge is 0.326 e. The number of quaternary nitrogens is 1. The molecule has 0 aliphatic heterocycles. The highest BCUT2D eigenvalue weighted by Crippen LogP contribution is 2.23. The van der Waals surface area contributed by atoms with E-state index in [9.17, 15) is 4.79 Å². The summed E-state index contributed by atoms with van der Waals surface area (Å²) in [6, 6.07) is 12.6. The molecule has 0 radical (unpaired) electrons. The monoisotopic (exact) mass is 383 g/mol. The Bertz CT molecular complexity index is 913. The second kappa shape index (κ2) is 8.06. The number of hydrogen-bond acceptors (Lipinski definition) is 3. The molecule has 3 N–H and O–H groups in total. The summed E-state index contributed by atoms with van der Waals surface area (Å²) in [5, 5.41) is 11.6. The molecule has 0 saturated carbocycles. The number of hydrogen-bond donors (Lipinski definition) is 2. The van der Waals surface area contributed by atoms with Gasteiger partial charge in [-0.1, -0.05) is 35.9 Å². The highest BCUT2D eigenvalue weighted by molar-refractivity contribution is 7.10. The van der Waals surface area contributed by atoms with E-state index in [1.165, 1.54) is 16.0 Å². The predicted octanol–water partition coefficient (Wildman–Crippen LogP) is 3.09. The zero-order valence-corrected chi connectivity index (χ0v) is 17.3. The quantitative estimate of drug-likeness (QED) is 0.687. The van der Waals surface area contributed by atoms with Crippen LogP contribution in [0.5, 0.6) is 0 Å². The topological polar surface area (TPSA) is 63.5 Å². The Balaban J connectivity index is 1.79. The van der Waals surface area contributed by atoms with Crippen molar-refractivity contribution in [2.24, 2.45) is 7.05 Å². The van der Waals surface area contributed by atoms with E-state index >= 15 is 0 Å². The first-order valence-corrected chi connectivity index (χ1v) is 10.0. The Morgan fingerprint density at radius 3 is 2.44 bits per heavy atom. The molecule has 2 atom stereocenters. The van der Waals surface area contributed by atoms with Crippen LogP contribution in [0.3, 0.4) is 0 Å². The predicted molar refractivity (Wildman–Crippen MR) is 110 cm³/mol. The highest BCUT2D eigenvalue weighted by atomic mass is 32.1. The van der Waals surface area contributed by atoms with Crippen LogP contribution in [-0.2, 0) is 11.8 Å². The molecule has 0 fully saturated rings. The number of carbonyl (C=O) groups is 1. The molecule has 0 spiro atoms. The van der Waals surface area contributed by atoms with Gasteiger partial charge in [0.05, 0.1) is 22.0 Å². The first-order valence-electron chi connectivity index (χ1n) is 9.13. The summed E-state index contributed by atoms with van der Waals surface area (Å²) in [7, 11) is 1.89. The van der Waals surface area contributed by atoms with Crippen molar-refractivity contribution in [2.45, 2.75) is 39.8 Å². The smallest absolute Gasteiger partial charge is 0.282 e. The number of anilines is 1. The number of nitrogens with zero attached hydrogens (tertiary/aromatic N) is 2. The fourth-order valence-corrected chi connectivity index (χ4v) is 4.01. The summed E-state index contributed by atoms with van der Waals surface area (Å²) < 4.78 is 1.79. The highest BCUT2D eigenvalue weighted by Gasteiger charge is 2.26. The molecule has 0 saturated heterocycles. The van der Waals surface area contributed by atoms with Crippen molar-refractivity contribution < 1.29 is 10.1 Å². The Hall–Kier alpha value is -2.44. The maximum absolute atomic E-state index is 12.8. The minimum Gasteiger partial charge on any atom is -0.326 e. The van der Waals surface area contributed by atoms with Crippen LogP contribution >= 0.6 is 11.3 Å². The van der Waals surface area contributed by atoms with Gasteiger partial charge in [-0.3, -0.25) is 9.48 Å². The molecule has 3 rings (SSSR count). The molecule has 27 heavy (non-hydrogen) atoms.